The van der Waals surface area contributed by atoms with E-state index in [1.807, 2.05) is 0 Å². The summed E-state index contributed by atoms with van der Waals surface area (Å²) in [4.78, 5) is 4.52. The smallest absolute Gasteiger partial charge is 0.153 e. The number of H-pyrrole nitrogens is 1. The molecule has 2 N–H and O–H groups in total. The Labute approximate surface area is 115 Å². The van der Waals surface area contributed by atoms with Crippen molar-refractivity contribution in [3.05, 3.63) is 11.6 Å². The lowest BCUT2D eigenvalue weighted by Crippen LogP contribution is -2.28. The maximum atomic E-state index is 4.52. The molecule has 17 heavy (non-hydrogen) atoms. The van der Waals surface area contributed by atoms with Gasteiger partial charge in [-0.3, -0.25) is 5.10 Å². The molecule has 1 fully saturated rings. The molecule has 0 aromatic carbocycles. The Kier molecular flexibility index (Phi) is 7.75. The molecule has 0 radical (unpaired) electrons. The minimum atomic E-state index is 0. The van der Waals surface area contributed by atoms with Crippen LogP contribution in [0.25, 0.3) is 0 Å². The van der Waals surface area contributed by atoms with Gasteiger partial charge in [-0.25, -0.2) is 4.98 Å². The Morgan fingerprint density at radius 2 is 1.88 bits per heavy atom. The highest BCUT2D eigenvalue weighted by Crippen LogP contribution is 2.17. The molecule has 0 unspecified atom stereocenters. The van der Waals surface area contributed by atoms with Crippen LogP contribution in [0.15, 0.2) is 0 Å². The highest BCUT2D eigenvalue weighted by atomic mass is 35.5. The Morgan fingerprint density at radius 1 is 1.24 bits per heavy atom. The van der Waals surface area contributed by atoms with Crippen LogP contribution in [0, 0.1) is 5.92 Å². The standard InChI is InChI=1S/C11H20N4.2ClH/c1-8(2)11-13-10(14-15-11)7-9-3-5-12-6-4-9;;/h8-9,12H,3-7H2,1-2H3,(H,13,14,15);2*1H. The monoisotopic (exact) mass is 280 g/mol. The zero-order valence-electron chi connectivity index (χ0n) is 10.4. The predicted octanol–water partition coefficient (Wildman–Crippen LogP) is 2.31. The zero-order chi connectivity index (χ0) is 10.7. The van der Waals surface area contributed by atoms with Gasteiger partial charge in [0.1, 0.15) is 5.82 Å². The van der Waals surface area contributed by atoms with Crippen molar-refractivity contribution in [1.82, 2.24) is 20.5 Å². The molecule has 2 rings (SSSR count). The third-order valence-corrected chi connectivity index (χ3v) is 3.01. The highest BCUT2D eigenvalue weighted by molar-refractivity contribution is 5.85. The van der Waals surface area contributed by atoms with Crippen molar-refractivity contribution < 1.29 is 0 Å². The third-order valence-electron chi connectivity index (χ3n) is 3.01. The van der Waals surface area contributed by atoms with Crippen LogP contribution in [0.5, 0.6) is 0 Å². The van der Waals surface area contributed by atoms with Crippen LogP contribution in [0.2, 0.25) is 0 Å². The minimum absolute atomic E-state index is 0. The summed E-state index contributed by atoms with van der Waals surface area (Å²) in [7, 11) is 0. The molecule has 2 heterocycles. The summed E-state index contributed by atoms with van der Waals surface area (Å²) in [5.74, 6) is 3.20. The Hall–Kier alpha value is -0.320. The molecule has 0 amide bonds. The SMILES string of the molecule is CC(C)c1n[nH]c(CC2CCNCC2)n1.Cl.Cl. The first kappa shape index (κ1) is 16.7. The maximum absolute atomic E-state index is 4.52. The van der Waals surface area contributed by atoms with Gasteiger partial charge < -0.3 is 5.32 Å². The van der Waals surface area contributed by atoms with Gasteiger partial charge in [-0.05, 0) is 31.8 Å². The van der Waals surface area contributed by atoms with Crippen LogP contribution in [0.3, 0.4) is 0 Å². The molecule has 100 valence electrons. The van der Waals surface area contributed by atoms with Crippen molar-refractivity contribution >= 4 is 24.8 Å². The molecule has 0 bridgehead atoms. The van der Waals surface area contributed by atoms with Crippen molar-refractivity contribution in [2.45, 2.75) is 39.0 Å². The van der Waals surface area contributed by atoms with E-state index in [4.69, 9.17) is 0 Å². The van der Waals surface area contributed by atoms with E-state index in [1.165, 1.54) is 12.8 Å². The number of nitrogens with one attached hydrogen (secondary N) is 2. The first-order valence-electron chi connectivity index (χ1n) is 5.87. The molecule has 1 aliphatic rings. The largest absolute Gasteiger partial charge is 0.317 e. The van der Waals surface area contributed by atoms with E-state index in [0.29, 0.717) is 5.92 Å². The van der Waals surface area contributed by atoms with E-state index >= 15 is 0 Å². The van der Waals surface area contributed by atoms with Crippen LogP contribution in [-0.4, -0.2) is 28.3 Å². The van der Waals surface area contributed by atoms with E-state index in [-0.39, 0.29) is 24.8 Å². The maximum Gasteiger partial charge on any atom is 0.153 e. The Balaban J connectivity index is 0.00000128. The van der Waals surface area contributed by atoms with E-state index in [0.717, 1.165) is 37.1 Å². The number of piperidine rings is 1. The van der Waals surface area contributed by atoms with Crippen molar-refractivity contribution in [3.63, 3.8) is 0 Å². The molecule has 6 heteroatoms. The van der Waals surface area contributed by atoms with Crippen LogP contribution in [-0.2, 0) is 6.42 Å². The molecule has 1 aliphatic heterocycles. The predicted molar refractivity (Wildman–Crippen MR) is 74.3 cm³/mol. The molecule has 0 atom stereocenters. The van der Waals surface area contributed by atoms with E-state index < -0.39 is 0 Å². The van der Waals surface area contributed by atoms with Gasteiger partial charge in [0, 0.05) is 12.3 Å². The fourth-order valence-corrected chi connectivity index (χ4v) is 2.02. The first-order chi connectivity index (χ1) is 7.25. The number of aromatic nitrogens is 3. The van der Waals surface area contributed by atoms with E-state index in [9.17, 15) is 0 Å². The lowest BCUT2D eigenvalue weighted by molar-refractivity contribution is 0.367. The fraction of sp³-hybridized carbons (Fsp3) is 0.818. The second kappa shape index (κ2) is 7.90. The quantitative estimate of drug-likeness (QED) is 0.894. The molecule has 0 saturated carbocycles. The first-order valence-corrected chi connectivity index (χ1v) is 5.87. The molecule has 1 saturated heterocycles. The average molecular weight is 281 g/mol. The second-order valence-electron chi connectivity index (χ2n) is 4.69. The molecule has 0 aliphatic carbocycles. The van der Waals surface area contributed by atoms with Gasteiger partial charge in [-0.1, -0.05) is 13.8 Å². The molecule has 1 aromatic rings. The average Bonchev–Trinajstić information content (AvgIpc) is 2.68. The van der Waals surface area contributed by atoms with E-state index in [1.54, 1.807) is 0 Å². The third kappa shape index (κ3) is 4.82. The van der Waals surface area contributed by atoms with Crippen LogP contribution >= 0.6 is 24.8 Å². The van der Waals surface area contributed by atoms with Crippen molar-refractivity contribution in [2.75, 3.05) is 13.1 Å². The summed E-state index contributed by atoms with van der Waals surface area (Å²) in [5.41, 5.74) is 0. The van der Waals surface area contributed by atoms with Crippen molar-refractivity contribution in [2.24, 2.45) is 5.92 Å². The number of halogens is 2. The van der Waals surface area contributed by atoms with Crippen LogP contribution in [0.4, 0.5) is 0 Å². The van der Waals surface area contributed by atoms with Gasteiger partial charge in [-0.15, -0.1) is 24.8 Å². The van der Waals surface area contributed by atoms with Gasteiger partial charge in [0.25, 0.3) is 0 Å². The zero-order valence-corrected chi connectivity index (χ0v) is 12.0. The number of hydrogen-bond donors (Lipinski definition) is 2. The molecular weight excluding hydrogens is 259 g/mol. The molecule has 1 aromatic heterocycles. The summed E-state index contributed by atoms with van der Waals surface area (Å²) in [6.45, 7) is 6.54. The normalized spacial score (nSPS) is 16.4. The number of hydrogen-bond acceptors (Lipinski definition) is 3. The molecule has 0 spiro atoms. The lowest BCUT2D eigenvalue weighted by atomic mass is 9.94. The Bertz CT molecular complexity index is 308. The summed E-state index contributed by atoms with van der Waals surface area (Å²) in [6, 6.07) is 0. The van der Waals surface area contributed by atoms with Crippen molar-refractivity contribution in [3.8, 4) is 0 Å². The van der Waals surface area contributed by atoms with Gasteiger partial charge in [0.05, 0.1) is 0 Å². The van der Waals surface area contributed by atoms with Gasteiger partial charge >= 0.3 is 0 Å². The van der Waals surface area contributed by atoms with Gasteiger partial charge in [0.15, 0.2) is 5.82 Å². The van der Waals surface area contributed by atoms with Crippen molar-refractivity contribution in [1.29, 1.82) is 0 Å². The number of rotatable bonds is 3. The molecule has 4 nitrogen and oxygen atoms in total. The lowest BCUT2D eigenvalue weighted by Gasteiger charge is -2.21. The second-order valence-corrected chi connectivity index (χ2v) is 4.69. The summed E-state index contributed by atoms with van der Waals surface area (Å²) < 4.78 is 0. The number of nitrogens with zero attached hydrogens (tertiary/aromatic N) is 2. The topological polar surface area (TPSA) is 53.6 Å². The van der Waals surface area contributed by atoms with Gasteiger partial charge in [0.2, 0.25) is 0 Å². The Morgan fingerprint density at radius 3 is 2.41 bits per heavy atom. The van der Waals surface area contributed by atoms with Crippen LogP contribution in [0.1, 0.15) is 44.3 Å². The fourth-order valence-electron chi connectivity index (χ4n) is 2.02. The molecular formula is C11H22Cl2N4. The number of aromatic amines is 1. The summed E-state index contributed by atoms with van der Waals surface area (Å²) >= 11 is 0. The van der Waals surface area contributed by atoms with Crippen LogP contribution < -0.4 is 5.32 Å². The summed E-state index contributed by atoms with van der Waals surface area (Å²) in [5, 5.41) is 10.7. The highest BCUT2D eigenvalue weighted by Gasteiger charge is 2.16. The van der Waals surface area contributed by atoms with Gasteiger partial charge in [-0.2, -0.15) is 5.10 Å². The van der Waals surface area contributed by atoms with E-state index in [2.05, 4.69) is 34.3 Å². The minimum Gasteiger partial charge on any atom is -0.317 e. The summed E-state index contributed by atoms with van der Waals surface area (Å²) in [6.07, 6.45) is 3.58.